The van der Waals surface area contributed by atoms with Crippen LogP contribution in [-0.4, -0.2) is 115 Å². The summed E-state index contributed by atoms with van der Waals surface area (Å²) in [4.78, 5) is 44.4. The number of carbonyl (C=O) groups excluding carboxylic acids is 1. The number of fused-ring (bicyclic) bond motifs is 1. The van der Waals surface area contributed by atoms with Gasteiger partial charge >= 0.3 is 0 Å². The Kier molecular flexibility index (Phi) is 12.3. The first-order chi connectivity index (χ1) is 28.5. The summed E-state index contributed by atoms with van der Waals surface area (Å²) in [5.41, 5.74) is 7.25. The van der Waals surface area contributed by atoms with Crippen molar-refractivity contribution < 1.29 is 19.0 Å². The largest absolute Gasteiger partial charge is 0.497 e. The van der Waals surface area contributed by atoms with E-state index in [1.165, 1.54) is 0 Å². The van der Waals surface area contributed by atoms with Crippen LogP contribution in [0.5, 0.6) is 11.5 Å². The SMILES string of the molecule is CCN1CCN(C(=O)CCc2ccc(N3CCc4c(-c5cnc(N(Cc6ccc(OC)cc6)Cc6ccc(OC)cc6)nc5)nc(N5CCOCC5)nc43)cc2)CC1. The van der Waals surface area contributed by atoms with E-state index in [0.717, 1.165) is 122 Å². The lowest BCUT2D eigenvalue weighted by Crippen LogP contribution is -2.48. The lowest BCUT2D eigenvalue weighted by Gasteiger charge is -2.34. The number of aryl methyl sites for hydroxylation is 1. The van der Waals surface area contributed by atoms with Crippen molar-refractivity contribution in [2.45, 2.75) is 39.3 Å². The minimum Gasteiger partial charge on any atom is -0.497 e. The number of nitrogens with zero attached hydrogens (tertiary/aromatic N) is 9. The van der Waals surface area contributed by atoms with E-state index >= 15 is 0 Å². The lowest BCUT2D eigenvalue weighted by molar-refractivity contribution is -0.132. The van der Waals surface area contributed by atoms with Gasteiger partial charge in [-0.2, -0.15) is 4.98 Å². The molecule has 1 amide bonds. The molecule has 0 radical (unpaired) electrons. The van der Waals surface area contributed by atoms with Crippen LogP contribution >= 0.6 is 0 Å². The third kappa shape index (κ3) is 9.00. The summed E-state index contributed by atoms with van der Waals surface area (Å²) < 4.78 is 16.5. The number of morpholine rings is 1. The molecule has 0 aliphatic carbocycles. The van der Waals surface area contributed by atoms with Gasteiger partial charge in [0.1, 0.15) is 17.3 Å². The highest BCUT2D eigenvalue weighted by molar-refractivity contribution is 5.78. The summed E-state index contributed by atoms with van der Waals surface area (Å²) in [6.45, 7) is 11.5. The quantitative estimate of drug-likeness (QED) is 0.136. The molecule has 3 aliphatic rings. The summed E-state index contributed by atoms with van der Waals surface area (Å²) in [6, 6.07) is 24.8. The van der Waals surface area contributed by atoms with Gasteiger partial charge in [0, 0.05) is 94.5 Å². The lowest BCUT2D eigenvalue weighted by atomic mass is 10.1. The summed E-state index contributed by atoms with van der Waals surface area (Å²) >= 11 is 0. The topological polar surface area (TPSA) is 113 Å². The number of anilines is 4. The molecule has 0 atom stereocenters. The van der Waals surface area contributed by atoms with Gasteiger partial charge in [-0.3, -0.25) is 4.79 Å². The normalized spacial score (nSPS) is 15.7. The Hall–Kier alpha value is -5.79. The van der Waals surface area contributed by atoms with Crippen LogP contribution < -0.4 is 24.2 Å². The molecule has 2 saturated heterocycles. The average molecular weight is 784 g/mol. The predicted octanol–water partition coefficient (Wildman–Crippen LogP) is 5.79. The van der Waals surface area contributed by atoms with Crippen molar-refractivity contribution in [2.75, 3.05) is 94.5 Å². The van der Waals surface area contributed by atoms with Gasteiger partial charge in [0.25, 0.3) is 0 Å². The molecule has 58 heavy (non-hydrogen) atoms. The minimum atomic E-state index is 0.243. The number of carbonyl (C=O) groups is 1. The molecule has 0 saturated carbocycles. The van der Waals surface area contributed by atoms with Crippen LogP contribution in [0.25, 0.3) is 11.3 Å². The second-order valence-corrected chi connectivity index (χ2v) is 15.0. The van der Waals surface area contributed by atoms with Gasteiger partial charge in [0.05, 0.1) is 33.1 Å². The molecular weight excluding hydrogens is 731 g/mol. The zero-order valence-corrected chi connectivity index (χ0v) is 33.8. The molecule has 3 aromatic carbocycles. The fourth-order valence-electron chi connectivity index (χ4n) is 7.91. The van der Waals surface area contributed by atoms with Crippen LogP contribution in [0.4, 0.5) is 23.4 Å². The van der Waals surface area contributed by atoms with E-state index in [-0.39, 0.29) is 5.91 Å². The van der Waals surface area contributed by atoms with Gasteiger partial charge < -0.3 is 38.7 Å². The number of hydrogen-bond donors (Lipinski definition) is 0. The second-order valence-electron chi connectivity index (χ2n) is 15.0. The summed E-state index contributed by atoms with van der Waals surface area (Å²) in [6.07, 6.45) is 5.83. The number of likely N-dealkylation sites (N-methyl/N-ethyl adjacent to an activating group) is 1. The number of piperazine rings is 1. The second kappa shape index (κ2) is 18.2. The smallest absolute Gasteiger partial charge is 0.228 e. The predicted molar refractivity (Wildman–Crippen MR) is 226 cm³/mol. The standard InChI is InChI=1S/C45H53N9O4/c1-4-50-21-23-51(24-22-50)41(55)18-11-33-5-12-37(13-6-33)54-20-19-40-42(48-45(49-43(40)54)52-25-27-58-28-26-52)36-29-46-44(47-30-36)53(31-34-7-14-38(56-2)15-8-34)32-35-9-16-39(57-3)17-10-35/h5-10,12-17,29-30H,4,11,18-28,31-32H2,1-3H3. The minimum absolute atomic E-state index is 0.243. The molecule has 5 heterocycles. The van der Waals surface area contributed by atoms with Gasteiger partial charge in [-0.25, -0.2) is 15.0 Å². The monoisotopic (exact) mass is 783 g/mol. The molecule has 5 aromatic rings. The molecule has 8 rings (SSSR count). The molecule has 2 aromatic heterocycles. The number of methoxy groups -OCH3 is 2. The van der Waals surface area contributed by atoms with Crippen molar-refractivity contribution >= 4 is 29.3 Å². The maximum absolute atomic E-state index is 13.0. The number of aromatic nitrogens is 4. The van der Waals surface area contributed by atoms with Crippen LogP contribution in [-0.2, 0) is 35.5 Å². The van der Waals surface area contributed by atoms with Crippen LogP contribution in [0.2, 0.25) is 0 Å². The summed E-state index contributed by atoms with van der Waals surface area (Å²) in [5, 5.41) is 0. The maximum Gasteiger partial charge on any atom is 0.228 e. The molecule has 2 fully saturated rings. The first kappa shape index (κ1) is 39.1. The maximum atomic E-state index is 13.0. The van der Waals surface area contributed by atoms with Gasteiger partial charge in [-0.05, 0) is 72.5 Å². The molecule has 0 spiro atoms. The van der Waals surface area contributed by atoms with Gasteiger partial charge in [0.15, 0.2) is 0 Å². The van der Waals surface area contributed by atoms with Crippen molar-refractivity contribution in [3.05, 3.63) is 107 Å². The number of rotatable bonds is 14. The molecule has 0 N–H and O–H groups in total. The molecule has 13 heteroatoms. The van der Waals surface area contributed by atoms with E-state index < -0.39 is 0 Å². The summed E-state index contributed by atoms with van der Waals surface area (Å²) in [5.74, 6) is 4.09. The Morgan fingerprint density at radius 3 is 1.93 bits per heavy atom. The molecule has 0 bridgehead atoms. The van der Waals surface area contributed by atoms with E-state index in [9.17, 15) is 4.79 Å². The fourth-order valence-corrected chi connectivity index (χ4v) is 7.91. The first-order valence-electron chi connectivity index (χ1n) is 20.4. The Morgan fingerprint density at radius 1 is 0.741 bits per heavy atom. The van der Waals surface area contributed by atoms with E-state index in [4.69, 9.17) is 34.1 Å². The van der Waals surface area contributed by atoms with Crippen LogP contribution in [0.15, 0.2) is 85.2 Å². The van der Waals surface area contributed by atoms with Crippen LogP contribution in [0.3, 0.4) is 0 Å². The van der Waals surface area contributed by atoms with Crippen LogP contribution in [0.1, 0.15) is 35.6 Å². The highest BCUT2D eigenvalue weighted by Crippen LogP contribution is 2.39. The Morgan fingerprint density at radius 2 is 1.34 bits per heavy atom. The summed E-state index contributed by atoms with van der Waals surface area (Å²) in [7, 11) is 3.35. The highest BCUT2D eigenvalue weighted by Gasteiger charge is 2.30. The van der Waals surface area contributed by atoms with E-state index in [1.54, 1.807) is 14.2 Å². The van der Waals surface area contributed by atoms with Crippen molar-refractivity contribution in [1.29, 1.82) is 0 Å². The van der Waals surface area contributed by atoms with Crippen molar-refractivity contribution in [3.63, 3.8) is 0 Å². The molecule has 302 valence electrons. The van der Waals surface area contributed by atoms with E-state index in [1.807, 2.05) is 41.6 Å². The average Bonchev–Trinajstić information content (AvgIpc) is 3.73. The van der Waals surface area contributed by atoms with Gasteiger partial charge in [-0.1, -0.05) is 43.3 Å². The third-order valence-electron chi connectivity index (χ3n) is 11.4. The molecule has 3 aliphatic heterocycles. The number of hydrogen-bond acceptors (Lipinski definition) is 12. The van der Waals surface area contributed by atoms with Crippen molar-refractivity contribution in [1.82, 2.24) is 29.7 Å². The zero-order valence-electron chi connectivity index (χ0n) is 33.8. The number of ether oxygens (including phenoxy) is 3. The highest BCUT2D eigenvalue weighted by atomic mass is 16.5. The van der Waals surface area contributed by atoms with Gasteiger partial charge in [-0.15, -0.1) is 0 Å². The molecule has 0 unspecified atom stereocenters. The van der Waals surface area contributed by atoms with Crippen molar-refractivity contribution in [2.24, 2.45) is 0 Å². The fraction of sp³-hybridized carbons (Fsp3) is 0.400. The Bertz CT molecular complexity index is 2070. The molecular formula is C45H53N9O4. The molecule has 13 nitrogen and oxygen atoms in total. The van der Waals surface area contributed by atoms with Crippen molar-refractivity contribution in [3.8, 4) is 22.8 Å². The van der Waals surface area contributed by atoms with Gasteiger partial charge in [0.2, 0.25) is 17.8 Å². The van der Waals surface area contributed by atoms with E-state index in [0.29, 0.717) is 44.6 Å². The number of amides is 1. The van der Waals surface area contributed by atoms with Crippen LogP contribution in [0, 0.1) is 0 Å². The zero-order chi connectivity index (χ0) is 39.8. The Balaban J connectivity index is 1.04. The number of benzene rings is 3. The first-order valence-corrected chi connectivity index (χ1v) is 20.4. The Labute approximate surface area is 341 Å². The van der Waals surface area contributed by atoms with E-state index in [2.05, 4.69) is 75.1 Å². The third-order valence-corrected chi connectivity index (χ3v) is 11.4.